The first-order valence-electron chi connectivity index (χ1n) is 11.9. The third-order valence-electron chi connectivity index (χ3n) is 5.19. The summed E-state index contributed by atoms with van der Waals surface area (Å²) in [6.45, 7) is 2.70. The van der Waals surface area contributed by atoms with Crippen LogP contribution in [0.5, 0.6) is 23.0 Å². The number of nitrogens with zero attached hydrogens (tertiary/aromatic N) is 1. The lowest BCUT2D eigenvalue weighted by atomic mass is 10.2. The zero-order valence-electron chi connectivity index (χ0n) is 21.4. The lowest BCUT2D eigenvalue weighted by Gasteiger charge is -2.10. The predicted octanol–water partition coefficient (Wildman–Crippen LogP) is 4.19. The number of amides is 2. The lowest BCUT2D eigenvalue weighted by molar-refractivity contribution is -0.136. The summed E-state index contributed by atoms with van der Waals surface area (Å²) in [7, 11) is 2.89. The van der Waals surface area contributed by atoms with Crippen LogP contribution in [0.4, 0.5) is 5.69 Å². The van der Waals surface area contributed by atoms with Crippen molar-refractivity contribution in [2.45, 2.75) is 19.8 Å². The molecule has 198 valence electrons. The van der Waals surface area contributed by atoms with Gasteiger partial charge in [-0.15, -0.1) is 0 Å². The highest BCUT2D eigenvalue weighted by molar-refractivity contribution is 6.39. The molecule has 0 bridgehead atoms. The number of carbonyl (C=O) groups excluding carboxylic acids is 3. The molecule has 0 aliphatic carbocycles. The number of para-hydroxylation sites is 2. The number of carbonyl (C=O) groups is 3. The maximum atomic E-state index is 12.6. The molecule has 2 amide bonds. The summed E-state index contributed by atoms with van der Waals surface area (Å²) in [6, 6.07) is 18.1. The average Bonchev–Trinajstić information content (AvgIpc) is 2.94. The van der Waals surface area contributed by atoms with Gasteiger partial charge >= 0.3 is 17.8 Å². The van der Waals surface area contributed by atoms with Gasteiger partial charge in [0.1, 0.15) is 11.5 Å². The van der Waals surface area contributed by atoms with Crippen LogP contribution in [0.2, 0.25) is 0 Å². The van der Waals surface area contributed by atoms with Crippen LogP contribution in [0.25, 0.3) is 0 Å². The number of anilines is 1. The monoisotopic (exact) mass is 519 g/mol. The Hall–Kier alpha value is -4.86. The fraction of sp³-hybridized carbons (Fsp3) is 0.214. The first-order chi connectivity index (χ1) is 18.4. The number of esters is 1. The molecule has 0 saturated carbocycles. The molecule has 0 radical (unpaired) electrons. The zero-order valence-corrected chi connectivity index (χ0v) is 21.4. The molecule has 0 spiro atoms. The predicted molar refractivity (Wildman–Crippen MR) is 142 cm³/mol. The van der Waals surface area contributed by atoms with Gasteiger partial charge in [-0.05, 0) is 66.6 Å². The fourth-order valence-corrected chi connectivity index (χ4v) is 3.17. The molecule has 10 heteroatoms. The summed E-state index contributed by atoms with van der Waals surface area (Å²) < 4.78 is 21.6. The van der Waals surface area contributed by atoms with E-state index in [0.29, 0.717) is 34.9 Å². The summed E-state index contributed by atoms with van der Waals surface area (Å²) in [5.41, 5.74) is 3.39. The van der Waals surface area contributed by atoms with Crippen LogP contribution in [-0.2, 0) is 9.59 Å². The molecular weight excluding hydrogens is 490 g/mol. The van der Waals surface area contributed by atoms with Gasteiger partial charge in [0, 0.05) is 0 Å². The molecule has 0 aliphatic heterocycles. The molecule has 3 aromatic rings. The van der Waals surface area contributed by atoms with E-state index in [2.05, 4.69) is 22.8 Å². The van der Waals surface area contributed by atoms with E-state index in [9.17, 15) is 14.4 Å². The minimum absolute atomic E-state index is 0.207. The summed E-state index contributed by atoms with van der Waals surface area (Å²) in [5, 5.41) is 6.26. The Bertz CT molecular complexity index is 1290. The Labute approximate surface area is 220 Å². The van der Waals surface area contributed by atoms with Crippen molar-refractivity contribution in [3.05, 3.63) is 77.9 Å². The largest absolute Gasteiger partial charge is 0.495 e. The Kier molecular flexibility index (Phi) is 10.2. The van der Waals surface area contributed by atoms with Gasteiger partial charge in [0.15, 0.2) is 11.5 Å². The number of methoxy groups -OCH3 is 2. The molecule has 0 fully saturated rings. The number of hydrazone groups is 1. The van der Waals surface area contributed by atoms with Gasteiger partial charge in [-0.3, -0.25) is 9.59 Å². The summed E-state index contributed by atoms with van der Waals surface area (Å²) in [5.74, 6) is -0.851. The van der Waals surface area contributed by atoms with Crippen LogP contribution in [0.3, 0.4) is 0 Å². The highest BCUT2D eigenvalue weighted by Crippen LogP contribution is 2.28. The van der Waals surface area contributed by atoms with Crippen molar-refractivity contribution in [3.63, 3.8) is 0 Å². The molecule has 0 saturated heterocycles. The topological polar surface area (TPSA) is 125 Å². The van der Waals surface area contributed by atoms with Gasteiger partial charge in [-0.2, -0.15) is 5.10 Å². The van der Waals surface area contributed by atoms with Crippen molar-refractivity contribution in [2.75, 3.05) is 26.1 Å². The number of hydrogen-bond acceptors (Lipinski definition) is 8. The Morgan fingerprint density at radius 1 is 0.868 bits per heavy atom. The minimum Gasteiger partial charge on any atom is -0.495 e. The van der Waals surface area contributed by atoms with Gasteiger partial charge in [0.25, 0.3) is 0 Å². The molecule has 0 aromatic heterocycles. The van der Waals surface area contributed by atoms with E-state index >= 15 is 0 Å². The first-order valence-corrected chi connectivity index (χ1v) is 11.9. The molecule has 2 N–H and O–H groups in total. The number of benzene rings is 3. The number of unbranched alkanes of at least 4 members (excludes halogenated alkanes) is 1. The molecule has 0 aliphatic rings. The molecule has 38 heavy (non-hydrogen) atoms. The van der Waals surface area contributed by atoms with Crippen molar-refractivity contribution >= 4 is 29.7 Å². The molecule has 10 nitrogen and oxygen atoms in total. The van der Waals surface area contributed by atoms with Crippen molar-refractivity contribution in [2.24, 2.45) is 5.10 Å². The number of hydrogen-bond donors (Lipinski definition) is 2. The van der Waals surface area contributed by atoms with E-state index in [-0.39, 0.29) is 11.5 Å². The SMILES string of the molecule is CCCCOc1ccc(C(=O)Oc2ccc(C=NNC(=O)C(=O)Nc3ccccc3OC)cc2OC)cc1. The van der Waals surface area contributed by atoms with Gasteiger partial charge in [0.2, 0.25) is 0 Å². The molecule has 3 aromatic carbocycles. The second-order valence-electron chi connectivity index (χ2n) is 7.88. The average molecular weight is 520 g/mol. The maximum Gasteiger partial charge on any atom is 0.343 e. The van der Waals surface area contributed by atoms with Crippen molar-refractivity contribution in [3.8, 4) is 23.0 Å². The third kappa shape index (κ3) is 7.82. The van der Waals surface area contributed by atoms with Crippen molar-refractivity contribution in [1.29, 1.82) is 0 Å². The molecule has 0 heterocycles. The zero-order chi connectivity index (χ0) is 27.3. The summed E-state index contributed by atoms with van der Waals surface area (Å²) in [4.78, 5) is 36.8. The Morgan fingerprint density at radius 2 is 1.61 bits per heavy atom. The van der Waals surface area contributed by atoms with E-state index in [1.165, 1.54) is 26.5 Å². The van der Waals surface area contributed by atoms with Crippen LogP contribution in [0.1, 0.15) is 35.7 Å². The van der Waals surface area contributed by atoms with E-state index in [0.717, 1.165) is 12.8 Å². The van der Waals surface area contributed by atoms with E-state index in [1.54, 1.807) is 60.7 Å². The number of rotatable bonds is 11. The quantitative estimate of drug-likeness (QED) is 0.0972. The Morgan fingerprint density at radius 3 is 2.32 bits per heavy atom. The van der Waals surface area contributed by atoms with Crippen LogP contribution < -0.4 is 29.7 Å². The molecule has 0 unspecified atom stereocenters. The van der Waals surface area contributed by atoms with Crippen molar-refractivity contribution in [1.82, 2.24) is 5.43 Å². The molecule has 0 atom stereocenters. The molecular formula is C28H29N3O7. The Balaban J connectivity index is 1.57. The van der Waals surface area contributed by atoms with Gasteiger partial charge < -0.3 is 24.3 Å². The first kappa shape index (κ1) is 27.7. The summed E-state index contributed by atoms with van der Waals surface area (Å²) in [6.07, 6.45) is 3.31. The highest BCUT2D eigenvalue weighted by Gasteiger charge is 2.16. The highest BCUT2D eigenvalue weighted by atomic mass is 16.6. The maximum absolute atomic E-state index is 12.6. The summed E-state index contributed by atoms with van der Waals surface area (Å²) >= 11 is 0. The number of ether oxygens (including phenoxy) is 4. The lowest BCUT2D eigenvalue weighted by Crippen LogP contribution is -2.32. The van der Waals surface area contributed by atoms with E-state index < -0.39 is 17.8 Å². The van der Waals surface area contributed by atoms with Gasteiger partial charge in [-0.1, -0.05) is 25.5 Å². The smallest absolute Gasteiger partial charge is 0.343 e. The van der Waals surface area contributed by atoms with Crippen LogP contribution >= 0.6 is 0 Å². The molecule has 3 rings (SSSR count). The standard InChI is InChI=1S/C28H29N3O7/c1-4-5-16-37-21-13-11-20(12-14-21)28(34)38-24-15-10-19(17-25(24)36-3)18-29-31-27(33)26(32)30-22-8-6-7-9-23(22)35-2/h6-15,17-18H,4-5,16H2,1-3H3,(H,30,32)(H,31,33). The van der Waals surface area contributed by atoms with Gasteiger partial charge in [-0.25, -0.2) is 10.2 Å². The second-order valence-corrected chi connectivity index (χ2v) is 7.88. The number of nitrogens with one attached hydrogen (secondary N) is 2. The van der Waals surface area contributed by atoms with E-state index in [1.807, 2.05) is 0 Å². The van der Waals surface area contributed by atoms with Crippen LogP contribution in [0.15, 0.2) is 71.8 Å². The fourth-order valence-electron chi connectivity index (χ4n) is 3.17. The van der Waals surface area contributed by atoms with Crippen LogP contribution in [0, 0.1) is 0 Å². The minimum atomic E-state index is -0.966. The van der Waals surface area contributed by atoms with E-state index in [4.69, 9.17) is 18.9 Å². The second kappa shape index (κ2) is 14.0. The van der Waals surface area contributed by atoms with Crippen molar-refractivity contribution < 1.29 is 33.3 Å². The van der Waals surface area contributed by atoms with Crippen LogP contribution in [-0.4, -0.2) is 44.8 Å². The third-order valence-corrected chi connectivity index (χ3v) is 5.19. The van der Waals surface area contributed by atoms with Gasteiger partial charge in [0.05, 0.1) is 38.3 Å². The normalized spacial score (nSPS) is 10.5.